The van der Waals surface area contributed by atoms with Gasteiger partial charge in [-0.2, -0.15) is 4.72 Å². The maximum atomic E-state index is 12.6. The van der Waals surface area contributed by atoms with Gasteiger partial charge in [0.15, 0.2) is 0 Å². The number of carboxylic acid groups (broad SMARTS) is 1. The Balaban J connectivity index is 1.36. The maximum Gasteiger partial charge on any atom is 0.322 e. The molecule has 0 aliphatic heterocycles. The Labute approximate surface area is 202 Å². The number of para-hydroxylation sites is 1. The highest BCUT2D eigenvalue weighted by Crippen LogP contribution is 2.29. The van der Waals surface area contributed by atoms with Crippen molar-refractivity contribution in [2.75, 3.05) is 6.61 Å². The van der Waals surface area contributed by atoms with Crippen molar-refractivity contribution in [3.05, 3.63) is 72.3 Å². The summed E-state index contributed by atoms with van der Waals surface area (Å²) in [4.78, 5) is 15.9. The molecule has 34 heavy (non-hydrogen) atoms. The van der Waals surface area contributed by atoms with E-state index in [4.69, 9.17) is 4.74 Å². The molecule has 1 aliphatic carbocycles. The topological polar surface area (TPSA) is 106 Å². The Bertz CT molecular complexity index is 1310. The number of nitrogens with zero attached hydrogens (tertiary/aromatic N) is 1. The van der Waals surface area contributed by atoms with E-state index < -0.39 is 22.0 Å². The van der Waals surface area contributed by atoms with Crippen LogP contribution in [0.25, 0.3) is 15.8 Å². The van der Waals surface area contributed by atoms with Crippen LogP contribution in [0, 0.1) is 11.8 Å². The predicted octanol–water partition coefficient (Wildman–Crippen LogP) is 4.72. The van der Waals surface area contributed by atoms with E-state index in [1.165, 1.54) is 23.5 Å². The van der Waals surface area contributed by atoms with Gasteiger partial charge in [0, 0.05) is 5.92 Å². The van der Waals surface area contributed by atoms with E-state index in [0.717, 1.165) is 27.8 Å². The summed E-state index contributed by atoms with van der Waals surface area (Å²) < 4.78 is 34.5. The molecule has 0 amide bonds. The van der Waals surface area contributed by atoms with Crippen LogP contribution in [0.3, 0.4) is 0 Å². The number of benzene rings is 2. The lowest BCUT2D eigenvalue weighted by Crippen LogP contribution is -2.44. The van der Waals surface area contributed by atoms with E-state index in [9.17, 15) is 18.3 Å². The molecule has 4 rings (SSSR count). The van der Waals surface area contributed by atoms with E-state index in [1.807, 2.05) is 30.3 Å². The molecule has 3 aromatic rings. The number of aliphatic carboxylic acids is 1. The fourth-order valence-corrected chi connectivity index (χ4v) is 5.79. The van der Waals surface area contributed by atoms with Crippen LogP contribution in [-0.2, 0) is 14.8 Å². The Morgan fingerprint density at radius 2 is 1.94 bits per heavy atom. The maximum absolute atomic E-state index is 12.6. The summed E-state index contributed by atoms with van der Waals surface area (Å²) in [6.07, 6.45) is 7.01. The lowest BCUT2D eigenvalue weighted by molar-refractivity contribution is -0.140. The van der Waals surface area contributed by atoms with Crippen LogP contribution in [0.4, 0.5) is 0 Å². The monoisotopic (exact) mass is 498 g/mol. The van der Waals surface area contributed by atoms with Crippen molar-refractivity contribution in [3.8, 4) is 5.19 Å². The number of fused-ring (bicyclic) bond motifs is 1. The summed E-state index contributed by atoms with van der Waals surface area (Å²) in [6.45, 7) is 3.84. The Kier molecular flexibility index (Phi) is 7.16. The van der Waals surface area contributed by atoms with Gasteiger partial charge in [0.25, 0.3) is 5.19 Å². The van der Waals surface area contributed by atoms with Crippen LogP contribution in [0.5, 0.6) is 5.19 Å². The lowest BCUT2D eigenvalue weighted by atomic mass is 9.93. The molecule has 1 aromatic heterocycles. The molecular weight excluding hydrogens is 472 g/mol. The van der Waals surface area contributed by atoms with E-state index >= 15 is 0 Å². The Morgan fingerprint density at radius 3 is 2.56 bits per heavy atom. The number of nitrogens with one attached hydrogen (secondary N) is 1. The second-order valence-corrected chi connectivity index (χ2v) is 11.2. The van der Waals surface area contributed by atoms with Crippen molar-refractivity contribution in [2.45, 2.75) is 31.2 Å². The molecule has 1 heterocycles. The highest BCUT2D eigenvalue weighted by molar-refractivity contribution is 7.89. The molecule has 1 aliphatic rings. The molecule has 178 valence electrons. The van der Waals surface area contributed by atoms with Gasteiger partial charge in [0.1, 0.15) is 6.04 Å². The standard InChI is InChI=1S/C25H26N2O5S2/c1-16(2)23(24(28)29)27-34(30,31)20-13-11-19(12-14-20)18-9-7-17(8-10-18)15-32-25-26-21-5-3-4-6-22(21)33-25/h3-7,9-14,16-17,23,27H,8,15H2,1-2H3,(H,28,29)/t17?,23-/m1/s1. The highest BCUT2D eigenvalue weighted by Gasteiger charge is 2.28. The number of thiazole rings is 1. The van der Waals surface area contributed by atoms with Gasteiger partial charge in [-0.05, 0) is 47.7 Å². The molecule has 7 nitrogen and oxygen atoms in total. The quantitative estimate of drug-likeness (QED) is 0.442. The summed E-state index contributed by atoms with van der Waals surface area (Å²) in [5, 5.41) is 9.94. The predicted molar refractivity (Wildman–Crippen MR) is 133 cm³/mol. The molecule has 9 heteroatoms. The van der Waals surface area contributed by atoms with Crippen molar-refractivity contribution < 1.29 is 23.1 Å². The average molecular weight is 499 g/mol. The minimum atomic E-state index is -3.94. The van der Waals surface area contributed by atoms with Crippen LogP contribution in [0.1, 0.15) is 25.8 Å². The zero-order chi connectivity index (χ0) is 24.3. The second kappa shape index (κ2) is 10.1. The molecular formula is C25H26N2O5S2. The first-order valence-electron chi connectivity index (χ1n) is 11.0. The van der Waals surface area contributed by atoms with Crippen LogP contribution in [0.15, 0.2) is 71.7 Å². The van der Waals surface area contributed by atoms with Crippen LogP contribution < -0.4 is 9.46 Å². The van der Waals surface area contributed by atoms with E-state index in [1.54, 1.807) is 26.0 Å². The molecule has 0 saturated carbocycles. The lowest BCUT2D eigenvalue weighted by Gasteiger charge is -2.18. The van der Waals surface area contributed by atoms with Crippen LogP contribution in [0.2, 0.25) is 0 Å². The zero-order valence-electron chi connectivity index (χ0n) is 18.8. The number of rotatable bonds is 9. The van der Waals surface area contributed by atoms with Gasteiger partial charge in [0.05, 0.1) is 21.7 Å². The fraction of sp³-hybridized carbons (Fsp3) is 0.280. The smallest absolute Gasteiger partial charge is 0.322 e. The third kappa shape index (κ3) is 5.55. The van der Waals surface area contributed by atoms with E-state index in [2.05, 4.69) is 21.9 Å². The SMILES string of the molecule is CC(C)[C@@H](NS(=O)(=O)c1ccc(C2=CCC(COc3nc4ccccc4s3)C=C2)cc1)C(=O)O. The number of carbonyl (C=O) groups is 1. The van der Waals surface area contributed by atoms with Crippen molar-refractivity contribution >= 4 is 43.1 Å². The first-order valence-corrected chi connectivity index (χ1v) is 13.3. The molecule has 0 saturated heterocycles. The number of hydrogen-bond donors (Lipinski definition) is 2. The Morgan fingerprint density at radius 1 is 1.21 bits per heavy atom. The third-order valence-electron chi connectivity index (χ3n) is 5.60. The highest BCUT2D eigenvalue weighted by atomic mass is 32.2. The number of carboxylic acids is 1. The fourth-order valence-electron chi connectivity index (χ4n) is 3.63. The average Bonchev–Trinajstić information content (AvgIpc) is 3.24. The molecule has 2 aromatic carbocycles. The molecule has 2 atom stereocenters. The van der Waals surface area contributed by atoms with Crippen molar-refractivity contribution in [3.63, 3.8) is 0 Å². The summed E-state index contributed by atoms with van der Waals surface area (Å²) in [5.41, 5.74) is 2.82. The summed E-state index contributed by atoms with van der Waals surface area (Å²) in [5.74, 6) is -1.35. The van der Waals surface area contributed by atoms with Gasteiger partial charge in [-0.25, -0.2) is 13.4 Å². The van der Waals surface area contributed by atoms with E-state index in [0.29, 0.717) is 11.8 Å². The van der Waals surface area contributed by atoms with Gasteiger partial charge in [-0.3, -0.25) is 4.79 Å². The summed E-state index contributed by atoms with van der Waals surface area (Å²) >= 11 is 1.53. The van der Waals surface area contributed by atoms with E-state index in [-0.39, 0.29) is 16.7 Å². The largest absolute Gasteiger partial charge is 0.480 e. The first kappa shape index (κ1) is 24.1. The second-order valence-electron chi connectivity index (χ2n) is 8.48. The van der Waals surface area contributed by atoms with Crippen molar-refractivity contribution in [1.29, 1.82) is 0 Å². The zero-order valence-corrected chi connectivity index (χ0v) is 20.5. The van der Waals surface area contributed by atoms with Gasteiger partial charge in [0.2, 0.25) is 10.0 Å². The van der Waals surface area contributed by atoms with Gasteiger partial charge < -0.3 is 9.84 Å². The van der Waals surface area contributed by atoms with Crippen LogP contribution in [-0.4, -0.2) is 37.1 Å². The molecule has 0 bridgehead atoms. The number of hydrogen-bond acceptors (Lipinski definition) is 6. The summed E-state index contributed by atoms with van der Waals surface area (Å²) in [7, 11) is -3.94. The summed E-state index contributed by atoms with van der Waals surface area (Å²) in [6, 6.07) is 13.2. The van der Waals surface area contributed by atoms with Crippen molar-refractivity contribution in [2.24, 2.45) is 11.8 Å². The molecule has 0 fully saturated rings. The molecule has 2 N–H and O–H groups in total. The minimum absolute atomic E-state index is 0.0330. The minimum Gasteiger partial charge on any atom is -0.480 e. The Hall–Kier alpha value is -3.01. The molecule has 1 unspecified atom stereocenters. The van der Waals surface area contributed by atoms with Gasteiger partial charge in [-0.1, -0.05) is 67.7 Å². The molecule has 0 radical (unpaired) electrons. The van der Waals surface area contributed by atoms with Gasteiger partial charge in [-0.15, -0.1) is 0 Å². The molecule has 0 spiro atoms. The van der Waals surface area contributed by atoms with Crippen LogP contribution >= 0.6 is 11.3 Å². The normalized spacial score (nSPS) is 17.0. The van der Waals surface area contributed by atoms with Gasteiger partial charge >= 0.3 is 5.97 Å². The number of sulfonamides is 1. The first-order chi connectivity index (χ1) is 16.2. The number of ether oxygens (including phenoxy) is 1. The number of allylic oxidation sites excluding steroid dienone is 3. The third-order valence-corrected chi connectivity index (χ3v) is 8.00. The van der Waals surface area contributed by atoms with Crippen molar-refractivity contribution in [1.82, 2.24) is 9.71 Å². The number of aromatic nitrogens is 1.